The van der Waals surface area contributed by atoms with E-state index in [1.54, 1.807) is 55.4 Å². The summed E-state index contributed by atoms with van der Waals surface area (Å²) in [5.74, 6) is -16.0. The maximum absolute atomic E-state index is 13.8. The molecule has 0 amide bonds. The van der Waals surface area contributed by atoms with Crippen molar-refractivity contribution in [3.05, 3.63) is 0 Å². The van der Waals surface area contributed by atoms with Gasteiger partial charge in [-0.05, 0) is 223 Å². The molecular formula is C96H161F13O25. The monoisotopic (exact) mass is 1960 g/mol. The standard InChI is InChI=1S/C20H30O6.C17H24F6O7.C15H27F3O3.C15H28O5.C15H28O2.C14H24F4O2/c1-6-17(4,5)16(23)26-20-9-15-7-18(11-20,24-13(2)21)10-19(8-15,12-20)25-14(3)22;1-6-14(4,5)11(25)28-7-10(24)29-8-13(2,3)9-30-12(26)15(27,16(18,19)20)17(21,22)23;1-7-13(4,5)12(19)21-11(8-10(2)3)9-14(6,20)15(16,17)18;1-8-14(4,5)11(16)19-9-13(2,3)10-20-12(17)15(6,7)18;1-7-15(5,6)13(16)17-12-8-11(2)9-14(3,4)10-12;1-7-12(4,5)11(19)20-10(8-9(2)3)14(17,18)13(6,15)16/h15H,6-12H2,1-5H3;27H,6-9H2,1-5H3;10-11,20H,7-9H2,1-6H3;18H,8-10H2,1-7H3;11-12H,7-10H2,1-6H3;9-10H,7-8H2,1-6H3. The molecule has 134 heavy (non-hydrogen) atoms. The Bertz CT molecular complexity index is 3770. The molecular weight excluding hydrogens is 1800 g/mol. The van der Waals surface area contributed by atoms with E-state index in [1.165, 1.54) is 61.8 Å². The van der Waals surface area contributed by atoms with Crippen molar-refractivity contribution < 1.29 is 177 Å². The highest BCUT2D eigenvalue weighted by Gasteiger charge is 2.77. The van der Waals surface area contributed by atoms with Gasteiger partial charge in [0.1, 0.15) is 29.0 Å². The zero-order valence-electron chi connectivity index (χ0n) is 86.0. The smallest absolute Gasteiger partial charge is 0.437 e. The summed E-state index contributed by atoms with van der Waals surface area (Å²) in [7, 11) is 0. The highest BCUT2D eigenvalue weighted by atomic mass is 19.4. The van der Waals surface area contributed by atoms with E-state index in [9.17, 15) is 120 Å². The average Bonchev–Trinajstić information content (AvgIpc) is 0.697. The Labute approximate surface area is 785 Å². The molecule has 5 aliphatic carbocycles. The molecule has 0 spiro atoms. The predicted molar refractivity (Wildman–Crippen MR) is 471 cm³/mol. The first-order valence-electron chi connectivity index (χ1n) is 45.8. The maximum atomic E-state index is 13.8. The molecule has 786 valence electrons. The van der Waals surface area contributed by atoms with Crippen molar-refractivity contribution in [2.24, 2.45) is 72.4 Å². The van der Waals surface area contributed by atoms with E-state index in [0.29, 0.717) is 69.6 Å². The molecule has 5 rings (SSSR count). The lowest BCUT2D eigenvalue weighted by molar-refractivity contribution is -0.357. The molecule has 0 aromatic heterocycles. The molecule has 25 nitrogen and oxygen atoms in total. The Balaban J connectivity index is 0. The molecule has 0 saturated heterocycles. The molecule has 7 unspecified atom stereocenters. The second-order valence-corrected chi connectivity index (χ2v) is 44.7. The molecule has 0 radical (unpaired) electrons. The number of alkyl halides is 13. The van der Waals surface area contributed by atoms with Crippen LogP contribution in [0.4, 0.5) is 57.1 Å². The third-order valence-electron chi connectivity index (χ3n) is 24.7. The predicted octanol–water partition coefficient (Wildman–Crippen LogP) is 21.5. The maximum Gasteiger partial charge on any atom is 0.437 e. The number of rotatable bonds is 38. The molecule has 5 saturated carbocycles. The number of hydrogen-bond donors (Lipinski definition) is 3. The van der Waals surface area contributed by atoms with Crippen LogP contribution in [0.1, 0.15) is 358 Å². The van der Waals surface area contributed by atoms with Gasteiger partial charge in [-0.2, -0.15) is 48.3 Å². The summed E-state index contributed by atoms with van der Waals surface area (Å²) >= 11 is 0. The Kier molecular flexibility index (Phi) is 47.1. The normalized spacial score (nSPS) is 21.0. The minimum Gasteiger partial charge on any atom is -0.465 e. The molecule has 3 N–H and O–H groups in total. The quantitative estimate of drug-likeness (QED) is 0.0294. The van der Waals surface area contributed by atoms with Gasteiger partial charge >= 0.3 is 102 Å². The molecule has 4 bridgehead atoms. The summed E-state index contributed by atoms with van der Waals surface area (Å²) in [6.07, 6.45) is -10.7. The number of ether oxygens (including phenoxy) is 11. The largest absolute Gasteiger partial charge is 0.465 e. The lowest BCUT2D eigenvalue weighted by Gasteiger charge is -2.63. The molecule has 0 aliphatic heterocycles. The van der Waals surface area contributed by atoms with Crippen LogP contribution in [0.5, 0.6) is 0 Å². The molecule has 7 atom stereocenters. The molecule has 0 heterocycles. The number of esters is 11. The van der Waals surface area contributed by atoms with Crippen LogP contribution in [0.2, 0.25) is 0 Å². The van der Waals surface area contributed by atoms with Gasteiger partial charge in [-0.3, -0.25) is 38.4 Å². The van der Waals surface area contributed by atoms with Crippen LogP contribution in [-0.2, 0) is 105 Å². The first-order chi connectivity index (χ1) is 59.6. The zero-order chi connectivity index (χ0) is 106. The Hall–Kier alpha value is -6.86. The van der Waals surface area contributed by atoms with E-state index in [-0.39, 0.29) is 92.1 Å². The van der Waals surface area contributed by atoms with Gasteiger partial charge in [0.15, 0.2) is 23.9 Å². The van der Waals surface area contributed by atoms with Crippen LogP contribution in [0.15, 0.2) is 0 Å². The first-order valence-corrected chi connectivity index (χ1v) is 45.8. The molecule has 38 heteroatoms. The van der Waals surface area contributed by atoms with E-state index in [0.717, 1.165) is 38.5 Å². The van der Waals surface area contributed by atoms with Gasteiger partial charge in [-0.15, -0.1) is 0 Å². The fourth-order valence-corrected chi connectivity index (χ4v) is 14.2. The van der Waals surface area contributed by atoms with Gasteiger partial charge in [0.2, 0.25) is 0 Å². The zero-order valence-corrected chi connectivity index (χ0v) is 86.0. The van der Waals surface area contributed by atoms with Crippen LogP contribution in [0.25, 0.3) is 0 Å². The number of halogens is 13. The topological polar surface area (TPSA) is 350 Å². The summed E-state index contributed by atoms with van der Waals surface area (Å²) in [4.78, 5) is 130. The van der Waals surface area contributed by atoms with E-state index < -0.39 is 176 Å². The van der Waals surface area contributed by atoms with Crippen LogP contribution < -0.4 is 0 Å². The van der Waals surface area contributed by atoms with Gasteiger partial charge in [0.05, 0.1) is 58.9 Å². The minimum absolute atomic E-state index is 0.0325. The van der Waals surface area contributed by atoms with Crippen LogP contribution in [-0.4, -0.2) is 196 Å². The number of carbonyl (C=O) groups excluding carboxylic acids is 11. The van der Waals surface area contributed by atoms with Crippen LogP contribution in [0, 0.1) is 72.4 Å². The third kappa shape index (κ3) is 40.9. The lowest BCUT2D eigenvalue weighted by Crippen LogP contribution is -2.69. The molecule has 5 fully saturated rings. The minimum atomic E-state index is -6.37. The van der Waals surface area contributed by atoms with Gasteiger partial charge in [0, 0.05) is 57.3 Å². The second-order valence-electron chi connectivity index (χ2n) is 44.7. The van der Waals surface area contributed by atoms with Crippen molar-refractivity contribution >= 4 is 65.7 Å². The number of carbonyl (C=O) groups is 11. The molecule has 0 aromatic rings. The number of aliphatic hydroxyl groups is 3. The van der Waals surface area contributed by atoms with Gasteiger partial charge in [-0.1, -0.05) is 118 Å². The van der Waals surface area contributed by atoms with E-state index in [1.807, 2.05) is 96.9 Å². The first kappa shape index (κ1) is 129. The van der Waals surface area contributed by atoms with Crippen molar-refractivity contribution in [3.8, 4) is 0 Å². The molecule has 0 aromatic carbocycles. The third-order valence-corrected chi connectivity index (χ3v) is 24.7. The van der Waals surface area contributed by atoms with Crippen LogP contribution in [0.3, 0.4) is 0 Å². The second kappa shape index (κ2) is 48.8. The fourth-order valence-electron chi connectivity index (χ4n) is 14.2. The van der Waals surface area contributed by atoms with Gasteiger partial charge in [0.25, 0.3) is 0 Å². The van der Waals surface area contributed by atoms with Crippen molar-refractivity contribution in [2.45, 2.75) is 440 Å². The van der Waals surface area contributed by atoms with E-state index in [2.05, 4.69) is 25.5 Å². The lowest BCUT2D eigenvalue weighted by atomic mass is 9.50. The van der Waals surface area contributed by atoms with E-state index >= 15 is 0 Å². The van der Waals surface area contributed by atoms with Crippen LogP contribution >= 0.6 is 0 Å². The van der Waals surface area contributed by atoms with Crippen molar-refractivity contribution in [1.82, 2.24) is 0 Å². The fraction of sp³-hybridized carbons (Fsp3) is 0.885. The highest BCUT2D eigenvalue weighted by molar-refractivity contribution is 5.82. The van der Waals surface area contributed by atoms with Gasteiger partial charge < -0.3 is 67.4 Å². The SMILES string of the molecule is CCC(C)(C)C(=O)OC(CC(C)C)C(F)(F)C(C)(F)F.CCC(C)(C)C(=O)OC(CC(C)C)CC(C)(O)C(F)(F)F.CCC(C)(C)C(=O)OC12CC3CC(OC(C)=O)(CC(OC(C)=O)(C3)C1)C2.CCC(C)(C)C(=O)OC1CC(C)CC(C)(C)C1.CCC(C)(C)C(=O)OCC(=O)OCC(C)(C)COC(=O)C(O)(C(F)(F)F)C(F)(F)F.CCC(C)(C)C(=O)OCC(C)(C)COC(=O)C(C)(C)O. The summed E-state index contributed by atoms with van der Waals surface area (Å²) in [5, 5.41) is 28.0. The van der Waals surface area contributed by atoms with Crippen molar-refractivity contribution in [3.63, 3.8) is 0 Å². The van der Waals surface area contributed by atoms with E-state index in [4.69, 9.17) is 52.5 Å². The Morgan fingerprint density at radius 1 is 0.388 bits per heavy atom. The number of hydrogen-bond acceptors (Lipinski definition) is 25. The summed E-state index contributed by atoms with van der Waals surface area (Å²) in [6, 6.07) is 0. The summed E-state index contributed by atoms with van der Waals surface area (Å²) in [5.41, 5.74) is -17.9. The Morgan fingerprint density at radius 2 is 0.716 bits per heavy atom. The summed E-state index contributed by atoms with van der Waals surface area (Å²) in [6.45, 7) is 56.1. The Morgan fingerprint density at radius 3 is 1.05 bits per heavy atom. The van der Waals surface area contributed by atoms with Crippen molar-refractivity contribution in [1.29, 1.82) is 0 Å². The summed E-state index contributed by atoms with van der Waals surface area (Å²) < 4.78 is 225. The van der Waals surface area contributed by atoms with Gasteiger partial charge in [-0.25, -0.2) is 23.2 Å². The van der Waals surface area contributed by atoms with Crippen molar-refractivity contribution in [2.75, 3.05) is 33.0 Å². The highest BCUT2D eigenvalue weighted by Crippen LogP contribution is 2.64. The average molecular weight is 1960 g/mol. The molecule has 5 aliphatic rings.